The Balaban J connectivity index is 3.49. The molecule has 0 aromatic heterocycles. The molecule has 0 spiro atoms. The highest BCUT2D eigenvalue weighted by atomic mass is 16.5. The van der Waals surface area contributed by atoms with Crippen LogP contribution < -0.4 is 11.1 Å². The number of nitrogens with two attached hydrogens (primary N) is 1. The lowest BCUT2D eigenvalue weighted by Gasteiger charge is -2.02. The van der Waals surface area contributed by atoms with E-state index in [2.05, 4.69) is 10.1 Å². The average Bonchev–Trinajstić information content (AvgIpc) is 2.25. The molecule has 1 amide bonds. The fraction of sp³-hybridized carbons (Fsp3) is 0.556. The van der Waals surface area contributed by atoms with Crippen molar-refractivity contribution in [3.8, 4) is 0 Å². The van der Waals surface area contributed by atoms with Gasteiger partial charge in [-0.1, -0.05) is 0 Å². The van der Waals surface area contributed by atoms with E-state index < -0.39 is 5.97 Å². The number of ether oxygens (including phenoxy) is 2. The first-order valence-electron chi connectivity index (χ1n) is 4.52. The Morgan fingerprint density at radius 3 is 2.67 bits per heavy atom. The molecule has 0 saturated carbocycles. The molecule has 6 heteroatoms. The van der Waals surface area contributed by atoms with E-state index in [1.807, 2.05) is 0 Å². The second-order valence-electron chi connectivity index (χ2n) is 2.55. The molecule has 0 aliphatic heterocycles. The molecule has 15 heavy (non-hydrogen) atoms. The molecule has 0 radical (unpaired) electrons. The van der Waals surface area contributed by atoms with E-state index in [1.165, 1.54) is 7.11 Å². The van der Waals surface area contributed by atoms with E-state index in [4.69, 9.17) is 10.5 Å². The van der Waals surface area contributed by atoms with Gasteiger partial charge in [0, 0.05) is 25.2 Å². The minimum atomic E-state index is -0.565. The zero-order chi connectivity index (χ0) is 11.5. The molecule has 0 aliphatic rings. The van der Waals surface area contributed by atoms with Gasteiger partial charge in [0.2, 0.25) is 5.91 Å². The van der Waals surface area contributed by atoms with Crippen LogP contribution in [0.5, 0.6) is 0 Å². The molecule has 0 saturated heterocycles. The fourth-order valence-corrected chi connectivity index (χ4v) is 0.702. The maximum absolute atomic E-state index is 11.0. The molecule has 0 unspecified atom stereocenters. The zero-order valence-electron chi connectivity index (χ0n) is 8.69. The number of carbonyl (C=O) groups is 2. The maximum Gasteiger partial charge on any atom is 0.330 e. The zero-order valence-corrected chi connectivity index (χ0v) is 8.69. The molecule has 0 fully saturated rings. The summed E-state index contributed by atoms with van der Waals surface area (Å²) in [6, 6.07) is 0. The monoisotopic (exact) mass is 216 g/mol. The van der Waals surface area contributed by atoms with Crippen LogP contribution in [0.2, 0.25) is 0 Å². The van der Waals surface area contributed by atoms with Crippen LogP contribution in [-0.4, -0.2) is 45.3 Å². The van der Waals surface area contributed by atoms with Gasteiger partial charge in [-0.05, 0) is 0 Å². The molecule has 0 atom stereocenters. The Hall–Kier alpha value is -1.40. The normalized spacial score (nSPS) is 10.3. The van der Waals surface area contributed by atoms with Crippen molar-refractivity contribution < 1.29 is 19.1 Å². The van der Waals surface area contributed by atoms with Crippen molar-refractivity contribution in [2.24, 2.45) is 5.73 Å². The average molecular weight is 216 g/mol. The second kappa shape index (κ2) is 9.17. The third-order valence-electron chi connectivity index (χ3n) is 1.38. The first-order valence-corrected chi connectivity index (χ1v) is 4.52. The molecule has 0 heterocycles. The highest BCUT2D eigenvalue weighted by molar-refractivity contribution is 5.94. The summed E-state index contributed by atoms with van der Waals surface area (Å²) in [5.41, 5.74) is 5.19. The van der Waals surface area contributed by atoms with Gasteiger partial charge < -0.3 is 20.5 Å². The number of nitrogens with one attached hydrogen (secondary N) is 1. The molecule has 0 aromatic carbocycles. The highest BCUT2D eigenvalue weighted by Gasteiger charge is 1.96. The lowest BCUT2D eigenvalue weighted by Crippen LogP contribution is -2.26. The van der Waals surface area contributed by atoms with Crippen LogP contribution in [0.25, 0.3) is 0 Å². The fourth-order valence-electron chi connectivity index (χ4n) is 0.702. The highest BCUT2D eigenvalue weighted by Crippen LogP contribution is 1.79. The number of esters is 1. The number of amides is 1. The summed E-state index contributed by atoms with van der Waals surface area (Å²) in [6.07, 6.45) is 2.16. The largest absolute Gasteiger partial charge is 0.466 e. The topological polar surface area (TPSA) is 90.7 Å². The van der Waals surface area contributed by atoms with E-state index in [-0.39, 0.29) is 5.91 Å². The van der Waals surface area contributed by atoms with Gasteiger partial charge in [-0.3, -0.25) is 4.79 Å². The smallest absolute Gasteiger partial charge is 0.330 e. The molecule has 0 aromatic rings. The Labute approximate surface area is 88.4 Å². The van der Waals surface area contributed by atoms with Crippen LogP contribution in [0.15, 0.2) is 12.2 Å². The number of carbonyl (C=O) groups excluding carboxylic acids is 2. The van der Waals surface area contributed by atoms with Gasteiger partial charge in [-0.2, -0.15) is 0 Å². The summed E-state index contributed by atoms with van der Waals surface area (Å²) in [5.74, 6) is -0.929. The van der Waals surface area contributed by atoms with Crippen LogP contribution in [0.3, 0.4) is 0 Å². The second-order valence-corrected chi connectivity index (χ2v) is 2.55. The van der Waals surface area contributed by atoms with Gasteiger partial charge >= 0.3 is 5.97 Å². The van der Waals surface area contributed by atoms with Crippen molar-refractivity contribution in [2.45, 2.75) is 0 Å². The van der Waals surface area contributed by atoms with Gasteiger partial charge in [0.1, 0.15) is 0 Å². The summed E-state index contributed by atoms with van der Waals surface area (Å²) in [7, 11) is 1.24. The van der Waals surface area contributed by atoms with Crippen molar-refractivity contribution in [1.29, 1.82) is 0 Å². The summed E-state index contributed by atoms with van der Waals surface area (Å²) in [4.78, 5) is 21.6. The summed E-state index contributed by atoms with van der Waals surface area (Å²) in [5, 5.41) is 2.52. The third kappa shape index (κ3) is 8.92. The van der Waals surface area contributed by atoms with Gasteiger partial charge in [-0.25, -0.2) is 4.79 Å². The Bertz CT molecular complexity index is 228. The van der Waals surface area contributed by atoms with Gasteiger partial charge in [0.15, 0.2) is 0 Å². The van der Waals surface area contributed by atoms with Crippen LogP contribution >= 0.6 is 0 Å². The Morgan fingerprint density at radius 1 is 1.33 bits per heavy atom. The van der Waals surface area contributed by atoms with Crippen LogP contribution in [0, 0.1) is 0 Å². The number of methoxy groups -OCH3 is 1. The van der Waals surface area contributed by atoms with Crippen molar-refractivity contribution in [2.75, 3.05) is 33.4 Å². The van der Waals surface area contributed by atoms with Crippen molar-refractivity contribution in [3.63, 3.8) is 0 Å². The quantitative estimate of drug-likeness (QED) is 0.317. The van der Waals surface area contributed by atoms with E-state index in [9.17, 15) is 9.59 Å². The summed E-state index contributed by atoms with van der Waals surface area (Å²) >= 11 is 0. The maximum atomic E-state index is 11.0. The number of rotatable bonds is 7. The lowest BCUT2D eigenvalue weighted by atomic mass is 10.4. The molecule has 3 N–H and O–H groups in total. The molecular weight excluding hydrogens is 200 g/mol. The molecule has 86 valence electrons. The predicted molar refractivity (Wildman–Crippen MR) is 54.0 cm³/mol. The van der Waals surface area contributed by atoms with E-state index in [0.29, 0.717) is 26.3 Å². The van der Waals surface area contributed by atoms with E-state index in [0.717, 1.165) is 12.2 Å². The summed E-state index contributed by atoms with van der Waals surface area (Å²) in [6.45, 7) is 1.70. The predicted octanol–water partition coefficient (Wildman–Crippen LogP) is -1.19. The molecule has 0 bridgehead atoms. The Kier molecular flexibility index (Phi) is 8.31. The van der Waals surface area contributed by atoms with Crippen LogP contribution in [0.4, 0.5) is 0 Å². The first-order chi connectivity index (χ1) is 7.20. The number of hydrogen-bond donors (Lipinski definition) is 2. The minimum Gasteiger partial charge on any atom is -0.466 e. The Morgan fingerprint density at radius 2 is 2.07 bits per heavy atom. The van der Waals surface area contributed by atoms with Crippen molar-refractivity contribution in [3.05, 3.63) is 12.2 Å². The lowest BCUT2D eigenvalue weighted by molar-refractivity contribution is -0.135. The third-order valence-corrected chi connectivity index (χ3v) is 1.38. The van der Waals surface area contributed by atoms with Gasteiger partial charge in [0.25, 0.3) is 0 Å². The molecule has 0 aliphatic carbocycles. The van der Waals surface area contributed by atoms with Gasteiger partial charge in [-0.15, -0.1) is 0 Å². The van der Waals surface area contributed by atoms with Crippen LogP contribution in [0.1, 0.15) is 0 Å². The molecular formula is C9H16N2O4. The summed E-state index contributed by atoms with van der Waals surface area (Å²) < 4.78 is 9.34. The molecule has 6 nitrogen and oxygen atoms in total. The van der Waals surface area contributed by atoms with Crippen LogP contribution in [-0.2, 0) is 19.1 Å². The van der Waals surface area contributed by atoms with Crippen molar-refractivity contribution in [1.82, 2.24) is 5.32 Å². The van der Waals surface area contributed by atoms with E-state index >= 15 is 0 Å². The minimum absolute atomic E-state index is 0.364. The molecule has 0 rings (SSSR count). The first kappa shape index (κ1) is 13.6. The standard InChI is InChI=1S/C9H16N2O4/c1-14-9(13)3-2-8(12)11-5-7-15-6-4-10/h2-3H,4-7,10H2,1H3,(H,11,12). The van der Waals surface area contributed by atoms with Gasteiger partial charge in [0.05, 0.1) is 20.3 Å². The number of hydrogen-bond acceptors (Lipinski definition) is 5. The van der Waals surface area contributed by atoms with Crippen molar-refractivity contribution >= 4 is 11.9 Å². The van der Waals surface area contributed by atoms with E-state index in [1.54, 1.807) is 0 Å². The SMILES string of the molecule is COC(=O)C=CC(=O)NCCOCCN.